The van der Waals surface area contributed by atoms with Gasteiger partial charge in [-0.25, -0.2) is 0 Å². The zero-order valence-corrected chi connectivity index (χ0v) is 8.73. The fourth-order valence-electron chi connectivity index (χ4n) is 3.42. The molecule has 3 rings (SSSR count). The summed E-state index contributed by atoms with van der Waals surface area (Å²) in [5.74, 6) is 0.330. The highest BCUT2D eigenvalue weighted by atomic mass is 16.5. The maximum absolute atomic E-state index is 12.0. The zero-order chi connectivity index (χ0) is 10.6. The van der Waals surface area contributed by atoms with Crippen molar-refractivity contribution >= 4 is 11.8 Å². The van der Waals surface area contributed by atoms with Crippen LogP contribution in [0.15, 0.2) is 12.2 Å². The fraction of sp³-hybridized carbons (Fsp3) is 0.667. The molecule has 0 N–H and O–H groups in total. The second-order valence-corrected chi connectivity index (χ2v) is 4.91. The highest BCUT2D eigenvalue weighted by molar-refractivity contribution is 5.94. The van der Waals surface area contributed by atoms with Gasteiger partial charge in [-0.05, 0) is 24.2 Å². The van der Waals surface area contributed by atoms with Crippen molar-refractivity contribution in [1.29, 1.82) is 0 Å². The second-order valence-electron chi connectivity index (χ2n) is 4.91. The molecule has 3 heteroatoms. The van der Waals surface area contributed by atoms with Crippen LogP contribution >= 0.6 is 0 Å². The zero-order valence-electron chi connectivity index (χ0n) is 8.73. The van der Waals surface area contributed by atoms with E-state index in [4.69, 9.17) is 0 Å². The lowest BCUT2D eigenvalue weighted by atomic mass is 9.87. The van der Waals surface area contributed by atoms with Crippen molar-refractivity contribution < 1.29 is 14.3 Å². The molecule has 2 saturated carbocycles. The van der Waals surface area contributed by atoms with E-state index < -0.39 is 0 Å². The second kappa shape index (κ2) is 2.71. The molecule has 0 aliphatic heterocycles. The van der Waals surface area contributed by atoms with E-state index in [1.807, 2.05) is 6.08 Å². The Hall–Kier alpha value is -1.12. The van der Waals surface area contributed by atoms with Gasteiger partial charge in [-0.2, -0.15) is 0 Å². The number of hydrogen-bond donors (Lipinski definition) is 0. The topological polar surface area (TPSA) is 43.4 Å². The van der Waals surface area contributed by atoms with Gasteiger partial charge in [0.05, 0.1) is 13.5 Å². The number of methoxy groups -OCH3 is 1. The lowest BCUT2D eigenvalue weighted by molar-refractivity contribution is -0.143. The molecular formula is C12H14O3. The van der Waals surface area contributed by atoms with Crippen molar-refractivity contribution in [3.8, 4) is 0 Å². The first-order valence-corrected chi connectivity index (χ1v) is 5.48. The molecular weight excluding hydrogens is 192 g/mol. The summed E-state index contributed by atoms with van der Waals surface area (Å²) in [7, 11) is 1.38. The number of Topliss-reactive ketones (excluding diaryl/α,β-unsaturated/α-hetero) is 1. The Morgan fingerprint density at radius 2 is 2.27 bits per heavy atom. The summed E-state index contributed by atoms with van der Waals surface area (Å²) in [6.07, 6.45) is 6.76. The SMILES string of the molecule is COC(=O)C[C@H]1C(=O)[C@H]2C=C[C@H]1C21CC1. The molecule has 0 aromatic heterocycles. The average molecular weight is 206 g/mol. The molecule has 3 nitrogen and oxygen atoms in total. The van der Waals surface area contributed by atoms with E-state index in [-0.39, 0.29) is 35.4 Å². The van der Waals surface area contributed by atoms with E-state index in [2.05, 4.69) is 10.8 Å². The summed E-state index contributed by atoms with van der Waals surface area (Å²) < 4.78 is 4.64. The summed E-state index contributed by atoms with van der Waals surface area (Å²) in [5.41, 5.74) is 0.232. The molecule has 0 amide bonds. The van der Waals surface area contributed by atoms with Crippen molar-refractivity contribution in [3.63, 3.8) is 0 Å². The first kappa shape index (κ1) is 9.13. The van der Waals surface area contributed by atoms with Gasteiger partial charge < -0.3 is 4.74 Å². The Balaban J connectivity index is 1.84. The first-order chi connectivity index (χ1) is 7.19. The molecule has 0 aromatic carbocycles. The normalized spacial score (nSPS) is 38.7. The monoisotopic (exact) mass is 206 g/mol. The number of rotatable bonds is 2. The first-order valence-electron chi connectivity index (χ1n) is 5.48. The molecule has 1 spiro atoms. The third-order valence-corrected chi connectivity index (χ3v) is 4.34. The van der Waals surface area contributed by atoms with Crippen LogP contribution in [0.25, 0.3) is 0 Å². The van der Waals surface area contributed by atoms with Crippen LogP contribution in [-0.2, 0) is 14.3 Å². The summed E-state index contributed by atoms with van der Waals surface area (Å²) >= 11 is 0. The molecule has 3 aliphatic carbocycles. The predicted molar refractivity (Wildman–Crippen MR) is 52.9 cm³/mol. The third kappa shape index (κ3) is 1.01. The summed E-state index contributed by atoms with van der Waals surface area (Å²) in [6.45, 7) is 0. The van der Waals surface area contributed by atoms with E-state index >= 15 is 0 Å². The minimum absolute atomic E-state index is 0.102. The molecule has 80 valence electrons. The standard InChI is InChI=1S/C12H14O3/c1-15-10(13)6-7-8-2-3-9(11(7)14)12(8)4-5-12/h2-3,7-9H,4-6H2,1H3/t7-,8-,9-/m1/s1. The quantitative estimate of drug-likeness (QED) is 0.505. The number of carbonyl (C=O) groups is 2. The van der Waals surface area contributed by atoms with Gasteiger partial charge in [0.15, 0.2) is 0 Å². The molecule has 0 aromatic rings. The highest BCUT2D eigenvalue weighted by Crippen LogP contribution is 2.69. The van der Waals surface area contributed by atoms with E-state index in [0.29, 0.717) is 5.92 Å². The Labute approximate surface area is 88.5 Å². The van der Waals surface area contributed by atoms with Gasteiger partial charge in [0.2, 0.25) is 0 Å². The minimum Gasteiger partial charge on any atom is -0.469 e. The predicted octanol–water partition coefficient (Wildman–Crippen LogP) is 1.33. The number of hydrogen-bond acceptors (Lipinski definition) is 3. The van der Waals surface area contributed by atoms with Crippen molar-refractivity contribution in [2.45, 2.75) is 19.3 Å². The Morgan fingerprint density at radius 3 is 2.80 bits per heavy atom. The van der Waals surface area contributed by atoms with Gasteiger partial charge in [-0.3, -0.25) is 9.59 Å². The summed E-state index contributed by atoms with van der Waals surface area (Å²) in [6, 6.07) is 0. The lowest BCUT2D eigenvalue weighted by Crippen LogP contribution is -2.22. The molecule has 2 fully saturated rings. The van der Waals surface area contributed by atoms with Crippen LogP contribution in [0.3, 0.4) is 0 Å². The van der Waals surface area contributed by atoms with Gasteiger partial charge in [0, 0.05) is 11.8 Å². The summed E-state index contributed by atoms with van der Waals surface area (Å²) in [4.78, 5) is 23.2. The highest BCUT2D eigenvalue weighted by Gasteiger charge is 2.66. The number of ketones is 1. The van der Waals surface area contributed by atoms with Gasteiger partial charge in [0.1, 0.15) is 5.78 Å². The van der Waals surface area contributed by atoms with Crippen LogP contribution in [0.5, 0.6) is 0 Å². The van der Waals surface area contributed by atoms with Gasteiger partial charge in [0.25, 0.3) is 0 Å². The molecule has 0 radical (unpaired) electrons. The van der Waals surface area contributed by atoms with Crippen LogP contribution in [0, 0.1) is 23.2 Å². The van der Waals surface area contributed by atoms with E-state index in [1.165, 1.54) is 7.11 Å². The fourth-order valence-corrected chi connectivity index (χ4v) is 3.42. The maximum atomic E-state index is 12.0. The van der Waals surface area contributed by atoms with Crippen LogP contribution in [0.2, 0.25) is 0 Å². The molecule has 0 saturated heterocycles. The maximum Gasteiger partial charge on any atom is 0.306 e. The van der Waals surface area contributed by atoms with E-state index in [0.717, 1.165) is 12.8 Å². The Morgan fingerprint density at radius 1 is 1.53 bits per heavy atom. The molecule has 2 bridgehead atoms. The molecule has 3 atom stereocenters. The number of esters is 1. The van der Waals surface area contributed by atoms with Crippen molar-refractivity contribution in [1.82, 2.24) is 0 Å². The molecule has 0 unspecified atom stereocenters. The molecule has 3 aliphatic rings. The molecule has 15 heavy (non-hydrogen) atoms. The van der Waals surface area contributed by atoms with E-state index in [1.54, 1.807) is 0 Å². The van der Waals surface area contributed by atoms with Crippen molar-refractivity contribution in [2.75, 3.05) is 7.11 Å². The van der Waals surface area contributed by atoms with Crippen LogP contribution in [-0.4, -0.2) is 18.9 Å². The summed E-state index contributed by atoms with van der Waals surface area (Å²) in [5, 5.41) is 0. The average Bonchev–Trinajstić information content (AvgIpc) is 2.88. The van der Waals surface area contributed by atoms with Crippen molar-refractivity contribution in [2.24, 2.45) is 23.2 Å². The Kier molecular flexibility index (Phi) is 1.65. The van der Waals surface area contributed by atoms with Crippen LogP contribution < -0.4 is 0 Å². The lowest BCUT2D eigenvalue weighted by Gasteiger charge is -2.16. The number of ether oxygens (including phenoxy) is 1. The third-order valence-electron chi connectivity index (χ3n) is 4.34. The Bertz CT molecular complexity index is 365. The van der Waals surface area contributed by atoms with E-state index in [9.17, 15) is 9.59 Å². The van der Waals surface area contributed by atoms with Gasteiger partial charge >= 0.3 is 5.97 Å². The van der Waals surface area contributed by atoms with Crippen molar-refractivity contribution in [3.05, 3.63) is 12.2 Å². The van der Waals surface area contributed by atoms with Gasteiger partial charge in [-0.1, -0.05) is 12.2 Å². The number of carbonyl (C=O) groups excluding carboxylic acids is 2. The van der Waals surface area contributed by atoms with Gasteiger partial charge in [-0.15, -0.1) is 0 Å². The number of allylic oxidation sites excluding steroid dienone is 2. The smallest absolute Gasteiger partial charge is 0.306 e. The minimum atomic E-state index is -0.259. The molecule has 0 heterocycles. The largest absolute Gasteiger partial charge is 0.469 e. The van der Waals surface area contributed by atoms with Crippen LogP contribution in [0.1, 0.15) is 19.3 Å². The van der Waals surface area contributed by atoms with Crippen LogP contribution in [0.4, 0.5) is 0 Å².